The summed E-state index contributed by atoms with van der Waals surface area (Å²) in [6.45, 7) is 5.43. The van der Waals surface area contributed by atoms with E-state index in [1.165, 1.54) is 18.4 Å². The number of nitrogens with one attached hydrogen (secondary N) is 2. The molecule has 0 amide bonds. The van der Waals surface area contributed by atoms with Crippen molar-refractivity contribution in [2.75, 3.05) is 6.54 Å². The molecule has 2 N–H and O–H groups in total. The van der Waals surface area contributed by atoms with E-state index < -0.39 is 0 Å². The molecule has 2 aromatic rings. The Morgan fingerprint density at radius 1 is 1.33 bits per heavy atom. The van der Waals surface area contributed by atoms with Gasteiger partial charge in [0, 0.05) is 4.47 Å². The summed E-state index contributed by atoms with van der Waals surface area (Å²) in [6.07, 6.45) is 3.68. The number of rotatable bonds is 1. The van der Waals surface area contributed by atoms with E-state index in [0.29, 0.717) is 0 Å². The Balaban J connectivity index is 2.10. The van der Waals surface area contributed by atoms with Crippen LogP contribution in [0.1, 0.15) is 37.6 Å². The highest BCUT2D eigenvalue weighted by Crippen LogP contribution is 2.31. The maximum Gasteiger partial charge on any atom is 0.127 e. The lowest BCUT2D eigenvalue weighted by Crippen LogP contribution is -2.44. The number of aryl methyl sites for hydroxylation is 1. The molecule has 0 aliphatic carbocycles. The third-order valence-corrected chi connectivity index (χ3v) is 4.34. The van der Waals surface area contributed by atoms with E-state index in [1.54, 1.807) is 0 Å². The summed E-state index contributed by atoms with van der Waals surface area (Å²) >= 11 is 3.54. The molecule has 1 unspecified atom stereocenters. The average molecular weight is 308 g/mol. The van der Waals surface area contributed by atoms with Crippen molar-refractivity contribution < 1.29 is 0 Å². The van der Waals surface area contributed by atoms with Crippen LogP contribution in [0.25, 0.3) is 11.0 Å². The number of piperidine rings is 1. The zero-order chi connectivity index (χ0) is 12.8. The van der Waals surface area contributed by atoms with Crippen LogP contribution in [0.4, 0.5) is 0 Å². The number of hydrogen-bond donors (Lipinski definition) is 2. The van der Waals surface area contributed by atoms with Gasteiger partial charge in [-0.3, -0.25) is 0 Å². The first kappa shape index (κ1) is 12.2. The van der Waals surface area contributed by atoms with Crippen LogP contribution in [0.15, 0.2) is 16.6 Å². The van der Waals surface area contributed by atoms with Crippen molar-refractivity contribution in [1.82, 2.24) is 15.3 Å². The van der Waals surface area contributed by atoms with Crippen LogP contribution in [0.2, 0.25) is 0 Å². The maximum atomic E-state index is 4.81. The van der Waals surface area contributed by atoms with Crippen molar-refractivity contribution >= 4 is 27.0 Å². The first-order valence-corrected chi connectivity index (χ1v) is 7.29. The van der Waals surface area contributed by atoms with Crippen molar-refractivity contribution in [2.45, 2.75) is 38.6 Å². The Morgan fingerprint density at radius 3 is 2.89 bits per heavy atom. The number of halogens is 1. The molecule has 1 fully saturated rings. The molecular weight excluding hydrogens is 290 g/mol. The highest BCUT2D eigenvalue weighted by atomic mass is 79.9. The predicted molar refractivity (Wildman–Crippen MR) is 77.7 cm³/mol. The Hall–Kier alpha value is -0.870. The highest BCUT2D eigenvalue weighted by Gasteiger charge is 2.31. The van der Waals surface area contributed by atoms with Crippen LogP contribution in [0, 0.1) is 6.92 Å². The van der Waals surface area contributed by atoms with Gasteiger partial charge in [0.05, 0.1) is 16.6 Å². The van der Waals surface area contributed by atoms with E-state index in [4.69, 9.17) is 4.98 Å². The molecule has 1 aromatic heterocycles. The SMILES string of the molecule is Cc1cc(Br)cc2[nH]c(C3(C)CCCCN3)nc12. The molecule has 4 heteroatoms. The standard InChI is InChI=1S/C14H18BrN3/c1-9-7-10(15)8-11-12(9)18-13(17-11)14(2)5-3-4-6-16-14/h7-8,16H,3-6H2,1-2H3,(H,17,18). The van der Waals surface area contributed by atoms with Gasteiger partial charge >= 0.3 is 0 Å². The lowest BCUT2D eigenvalue weighted by molar-refractivity contribution is 0.271. The fourth-order valence-corrected chi connectivity index (χ4v) is 3.34. The summed E-state index contributed by atoms with van der Waals surface area (Å²) in [5.74, 6) is 1.07. The van der Waals surface area contributed by atoms with Crippen molar-refractivity contribution in [1.29, 1.82) is 0 Å². The Bertz CT molecular complexity index is 582. The number of H-pyrrole nitrogens is 1. The van der Waals surface area contributed by atoms with Gasteiger partial charge in [-0.2, -0.15) is 0 Å². The molecule has 3 rings (SSSR count). The zero-order valence-corrected chi connectivity index (χ0v) is 12.4. The third-order valence-electron chi connectivity index (χ3n) is 3.88. The molecule has 96 valence electrons. The van der Waals surface area contributed by atoms with Gasteiger partial charge in [-0.05, 0) is 57.4 Å². The third kappa shape index (κ3) is 1.97. The van der Waals surface area contributed by atoms with Gasteiger partial charge < -0.3 is 10.3 Å². The van der Waals surface area contributed by atoms with Gasteiger partial charge in [0.1, 0.15) is 5.82 Å². The molecule has 3 nitrogen and oxygen atoms in total. The van der Waals surface area contributed by atoms with E-state index in [2.05, 4.69) is 52.2 Å². The van der Waals surface area contributed by atoms with E-state index in [9.17, 15) is 0 Å². The monoisotopic (exact) mass is 307 g/mol. The highest BCUT2D eigenvalue weighted by molar-refractivity contribution is 9.10. The van der Waals surface area contributed by atoms with E-state index in [-0.39, 0.29) is 5.54 Å². The predicted octanol–water partition coefficient (Wildman–Crippen LogP) is 3.62. The first-order valence-electron chi connectivity index (χ1n) is 6.50. The fourth-order valence-electron chi connectivity index (χ4n) is 2.77. The number of benzene rings is 1. The minimum absolute atomic E-state index is 0.00378. The van der Waals surface area contributed by atoms with Gasteiger partial charge in [-0.1, -0.05) is 15.9 Å². The topological polar surface area (TPSA) is 40.7 Å². The number of aromatic amines is 1. The smallest absolute Gasteiger partial charge is 0.127 e. The van der Waals surface area contributed by atoms with Crippen LogP contribution < -0.4 is 5.32 Å². The molecule has 1 aliphatic heterocycles. The maximum absolute atomic E-state index is 4.81. The molecule has 1 atom stereocenters. The van der Waals surface area contributed by atoms with Crippen molar-refractivity contribution in [2.24, 2.45) is 0 Å². The summed E-state index contributed by atoms with van der Waals surface area (Å²) in [4.78, 5) is 8.29. The molecule has 1 aliphatic rings. The van der Waals surface area contributed by atoms with Gasteiger partial charge in [-0.15, -0.1) is 0 Å². The van der Waals surface area contributed by atoms with Crippen LogP contribution in [0.5, 0.6) is 0 Å². The van der Waals surface area contributed by atoms with Gasteiger partial charge in [0.2, 0.25) is 0 Å². The lowest BCUT2D eigenvalue weighted by Gasteiger charge is -2.33. The molecule has 1 saturated heterocycles. The van der Waals surface area contributed by atoms with Crippen LogP contribution in [0.3, 0.4) is 0 Å². The van der Waals surface area contributed by atoms with Crippen LogP contribution in [-0.4, -0.2) is 16.5 Å². The average Bonchev–Trinajstić information content (AvgIpc) is 2.74. The summed E-state index contributed by atoms with van der Waals surface area (Å²) in [5.41, 5.74) is 3.41. The van der Waals surface area contributed by atoms with E-state index >= 15 is 0 Å². The van der Waals surface area contributed by atoms with E-state index in [1.807, 2.05) is 0 Å². The summed E-state index contributed by atoms with van der Waals surface area (Å²) in [6, 6.07) is 4.22. The second kappa shape index (κ2) is 4.35. The molecule has 0 bridgehead atoms. The van der Waals surface area contributed by atoms with E-state index in [0.717, 1.165) is 34.3 Å². The molecular formula is C14H18BrN3. The number of nitrogens with zero attached hydrogens (tertiary/aromatic N) is 1. The van der Waals surface area contributed by atoms with Crippen LogP contribution in [-0.2, 0) is 5.54 Å². The summed E-state index contributed by atoms with van der Waals surface area (Å²) in [5, 5.41) is 3.60. The molecule has 0 spiro atoms. The molecule has 1 aromatic carbocycles. The molecule has 0 radical (unpaired) electrons. The van der Waals surface area contributed by atoms with Crippen molar-refractivity contribution in [3.05, 3.63) is 28.0 Å². The van der Waals surface area contributed by atoms with Crippen LogP contribution >= 0.6 is 15.9 Å². The minimum Gasteiger partial charge on any atom is -0.340 e. The van der Waals surface area contributed by atoms with Crippen molar-refractivity contribution in [3.63, 3.8) is 0 Å². The number of aromatic nitrogens is 2. The summed E-state index contributed by atoms with van der Waals surface area (Å²) < 4.78 is 1.10. The quantitative estimate of drug-likeness (QED) is 0.845. The van der Waals surface area contributed by atoms with Gasteiger partial charge in [0.15, 0.2) is 0 Å². The van der Waals surface area contributed by atoms with Crippen molar-refractivity contribution in [3.8, 4) is 0 Å². The van der Waals surface area contributed by atoms with Gasteiger partial charge in [0.25, 0.3) is 0 Å². The second-order valence-corrected chi connectivity index (χ2v) is 6.34. The molecule has 18 heavy (non-hydrogen) atoms. The summed E-state index contributed by atoms with van der Waals surface area (Å²) in [7, 11) is 0. The Kier molecular flexibility index (Phi) is 2.94. The largest absolute Gasteiger partial charge is 0.340 e. The second-order valence-electron chi connectivity index (χ2n) is 5.42. The minimum atomic E-state index is -0.00378. The number of imidazole rings is 1. The first-order chi connectivity index (χ1) is 8.58. The fraction of sp³-hybridized carbons (Fsp3) is 0.500. The molecule has 2 heterocycles. The zero-order valence-electron chi connectivity index (χ0n) is 10.8. The van der Waals surface area contributed by atoms with Gasteiger partial charge in [-0.25, -0.2) is 4.98 Å². The number of fused-ring (bicyclic) bond motifs is 1. The Labute approximate surface area is 116 Å². The lowest BCUT2D eigenvalue weighted by atomic mass is 9.90. The Morgan fingerprint density at radius 2 is 2.17 bits per heavy atom. The molecule has 0 saturated carbocycles. The normalized spacial score (nSPS) is 24.6. The number of hydrogen-bond acceptors (Lipinski definition) is 2.